The number of carbonyl (C=O) groups is 1. The SMILES string of the molecule is CC(C)(C)OC(=O)N1CCN(c2ccc(C(OCc3ccccc3)(C(F)(F)F)C(F)(F)F)cc2I)CC1. The number of hydrogen-bond donors (Lipinski definition) is 0. The Hall–Kier alpha value is -2.22. The van der Waals surface area contributed by atoms with Crippen LogP contribution < -0.4 is 4.90 Å². The van der Waals surface area contributed by atoms with Crippen LogP contribution in [0.3, 0.4) is 0 Å². The Balaban J connectivity index is 1.87. The molecule has 204 valence electrons. The molecule has 0 aromatic heterocycles. The molecule has 0 N–H and O–H groups in total. The van der Waals surface area contributed by atoms with Gasteiger partial charge in [0.15, 0.2) is 0 Å². The molecule has 1 aliphatic heterocycles. The van der Waals surface area contributed by atoms with E-state index in [0.29, 0.717) is 31.9 Å². The van der Waals surface area contributed by atoms with Gasteiger partial charge in [0.05, 0.1) is 12.3 Å². The summed E-state index contributed by atoms with van der Waals surface area (Å²) in [5, 5.41) is 0. The van der Waals surface area contributed by atoms with E-state index in [1.54, 1.807) is 54.3 Å². The second-order valence-corrected chi connectivity index (χ2v) is 10.7. The molecular formula is C25H27F6IN2O3. The van der Waals surface area contributed by atoms with Gasteiger partial charge < -0.3 is 19.3 Å². The van der Waals surface area contributed by atoms with Crippen LogP contribution in [0.2, 0.25) is 0 Å². The van der Waals surface area contributed by atoms with E-state index < -0.39 is 41.8 Å². The zero-order chi connectivity index (χ0) is 27.6. The summed E-state index contributed by atoms with van der Waals surface area (Å²) in [7, 11) is 0. The van der Waals surface area contributed by atoms with E-state index in [1.165, 1.54) is 35.2 Å². The van der Waals surface area contributed by atoms with Crippen LogP contribution in [0.15, 0.2) is 48.5 Å². The quantitative estimate of drug-likeness (QED) is 0.263. The van der Waals surface area contributed by atoms with Crippen LogP contribution in [0, 0.1) is 3.57 Å². The largest absolute Gasteiger partial charge is 0.444 e. The van der Waals surface area contributed by atoms with Gasteiger partial charge in [-0.3, -0.25) is 0 Å². The predicted molar refractivity (Wildman–Crippen MR) is 134 cm³/mol. The highest BCUT2D eigenvalue weighted by atomic mass is 127. The van der Waals surface area contributed by atoms with Crippen LogP contribution in [0.5, 0.6) is 0 Å². The van der Waals surface area contributed by atoms with E-state index in [2.05, 4.69) is 0 Å². The van der Waals surface area contributed by atoms with Crippen LogP contribution in [0.25, 0.3) is 0 Å². The highest BCUT2D eigenvalue weighted by Gasteiger charge is 2.73. The standard InChI is InChI=1S/C25H27F6IN2O3/c1-22(2,3)37-21(35)34-13-11-33(12-14-34)20-10-9-18(15-19(20)32)23(24(26,27)28,25(29,30)31)36-16-17-7-5-4-6-8-17/h4-10,15H,11-14,16H2,1-3H3. The van der Waals surface area contributed by atoms with E-state index in [1.807, 2.05) is 0 Å². The first-order valence-corrected chi connectivity index (χ1v) is 12.5. The number of halogens is 7. The van der Waals surface area contributed by atoms with Crippen molar-refractivity contribution in [3.8, 4) is 0 Å². The maximum atomic E-state index is 14.2. The molecule has 0 bridgehead atoms. The lowest BCUT2D eigenvalue weighted by molar-refractivity contribution is -0.392. The molecule has 37 heavy (non-hydrogen) atoms. The number of piperazine rings is 1. The summed E-state index contributed by atoms with van der Waals surface area (Å²) < 4.78 is 95.3. The molecule has 1 saturated heterocycles. The zero-order valence-electron chi connectivity index (χ0n) is 20.4. The van der Waals surface area contributed by atoms with Crippen LogP contribution in [0.1, 0.15) is 31.9 Å². The molecular weight excluding hydrogens is 617 g/mol. The predicted octanol–water partition coefficient (Wildman–Crippen LogP) is 6.89. The maximum Gasteiger partial charge on any atom is 0.430 e. The highest BCUT2D eigenvalue weighted by molar-refractivity contribution is 14.1. The molecule has 0 spiro atoms. The van der Waals surface area contributed by atoms with Crippen molar-refractivity contribution in [1.29, 1.82) is 0 Å². The molecule has 1 amide bonds. The summed E-state index contributed by atoms with van der Waals surface area (Å²) in [5.41, 5.74) is -5.58. The van der Waals surface area contributed by atoms with Crippen LogP contribution in [-0.2, 0) is 21.7 Å². The zero-order valence-corrected chi connectivity index (χ0v) is 22.6. The molecule has 2 aromatic carbocycles. The Morgan fingerprint density at radius 1 is 0.892 bits per heavy atom. The molecule has 3 rings (SSSR count). The minimum Gasteiger partial charge on any atom is -0.444 e. The fourth-order valence-electron chi connectivity index (χ4n) is 3.94. The van der Waals surface area contributed by atoms with E-state index in [4.69, 9.17) is 9.47 Å². The van der Waals surface area contributed by atoms with Gasteiger partial charge in [0.1, 0.15) is 5.60 Å². The van der Waals surface area contributed by atoms with Crippen LogP contribution >= 0.6 is 22.6 Å². The summed E-state index contributed by atoms with van der Waals surface area (Å²) in [6.45, 7) is 5.62. The lowest BCUT2D eigenvalue weighted by atomic mass is 9.91. The number of carbonyl (C=O) groups excluding carboxylic acids is 1. The molecule has 5 nitrogen and oxygen atoms in total. The van der Waals surface area contributed by atoms with Crippen molar-refractivity contribution in [2.24, 2.45) is 0 Å². The first-order chi connectivity index (χ1) is 17.0. The lowest BCUT2D eigenvalue weighted by Gasteiger charge is -2.39. The van der Waals surface area contributed by atoms with Gasteiger partial charge in [0.25, 0.3) is 5.60 Å². The Bertz CT molecular complexity index is 1060. The highest BCUT2D eigenvalue weighted by Crippen LogP contribution is 2.54. The molecule has 0 unspecified atom stereocenters. The summed E-state index contributed by atoms with van der Waals surface area (Å²) in [5.74, 6) is 0. The third-order valence-corrected chi connectivity index (χ3v) is 6.59. The Morgan fingerprint density at radius 3 is 1.95 bits per heavy atom. The van der Waals surface area contributed by atoms with Crippen molar-refractivity contribution in [2.45, 2.75) is 50.9 Å². The minimum absolute atomic E-state index is 0.176. The average molecular weight is 644 g/mol. The lowest BCUT2D eigenvalue weighted by Crippen LogP contribution is -2.56. The summed E-state index contributed by atoms with van der Waals surface area (Å²) in [6.07, 6.45) is -12.0. The van der Waals surface area contributed by atoms with Crippen molar-refractivity contribution in [1.82, 2.24) is 4.90 Å². The topological polar surface area (TPSA) is 42.0 Å². The van der Waals surface area contributed by atoms with Gasteiger partial charge >= 0.3 is 18.4 Å². The van der Waals surface area contributed by atoms with E-state index in [9.17, 15) is 31.1 Å². The van der Waals surface area contributed by atoms with Crippen LogP contribution in [0.4, 0.5) is 36.8 Å². The number of rotatable bonds is 5. The number of ether oxygens (including phenoxy) is 2. The number of amides is 1. The fraction of sp³-hybridized carbons (Fsp3) is 0.480. The van der Waals surface area contributed by atoms with E-state index in [-0.39, 0.29) is 9.13 Å². The molecule has 2 aromatic rings. The van der Waals surface area contributed by atoms with Gasteiger partial charge in [-0.25, -0.2) is 4.79 Å². The van der Waals surface area contributed by atoms with Gasteiger partial charge in [0.2, 0.25) is 0 Å². The molecule has 0 saturated carbocycles. The number of hydrogen-bond acceptors (Lipinski definition) is 4. The first-order valence-electron chi connectivity index (χ1n) is 11.4. The molecule has 0 aliphatic carbocycles. The summed E-state index contributed by atoms with van der Waals surface area (Å²) in [4.78, 5) is 15.6. The van der Waals surface area contributed by atoms with Gasteiger partial charge in [-0.15, -0.1) is 0 Å². The van der Waals surface area contributed by atoms with Crippen molar-refractivity contribution >= 4 is 34.4 Å². The van der Waals surface area contributed by atoms with Crippen molar-refractivity contribution in [3.63, 3.8) is 0 Å². The Morgan fingerprint density at radius 2 is 1.46 bits per heavy atom. The summed E-state index contributed by atoms with van der Waals surface area (Å²) in [6, 6.07) is 10.3. The average Bonchev–Trinajstić information content (AvgIpc) is 2.77. The second-order valence-electron chi connectivity index (χ2n) is 9.57. The number of benzene rings is 2. The van der Waals surface area contributed by atoms with Gasteiger partial charge in [-0.2, -0.15) is 26.3 Å². The van der Waals surface area contributed by atoms with Gasteiger partial charge in [0, 0.05) is 35.3 Å². The minimum atomic E-state index is -5.77. The molecule has 0 atom stereocenters. The second kappa shape index (κ2) is 10.9. The Labute approximate surface area is 224 Å². The molecule has 1 fully saturated rings. The number of anilines is 1. The summed E-state index contributed by atoms with van der Waals surface area (Å²) >= 11 is 1.72. The van der Waals surface area contributed by atoms with Crippen molar-refractivity contribution in [3.05, 3.63) is 63.2 Å². The third-order valence-electron chi connectivity index (χ3n) is 5.72. The molecule has 1 aliphatic rings. The van der Waals surface area contributed by atoms with Gasteiger partial charge in [-0.05, 0) is 61.1 Å². The fourth-order valence-corrected chi connectivity index (χ4v) is 4.80. The number of nitrogens with zero attached hydrogens (tertiary/aromatic N) is 2. The normalized spacial score (nSPS) is 15.6. The molecule has 1 heterocycles. The molecule has 12 heteroatoms. The van der Waals surface area contributed by atoms with Gasteiger partial charge in [-0.1, -0.05) is 36.4 Å². The third kappa shape index (κ3) is 6.62. The smallest absolute Gasteiger partial charge is 0.430 e. The first kappa shape index (κ1) is 29.3. The van der Waals surface area contributed by atoms with Crippen molar-refractivity contribution in [2.75, 3.05) is 31.1 Å². The Kier molecular flexibility index (Phi) is 8.62. The van der Waals surface area contributed by atoms with E-state index in [0.717, 1.165) is 12.1 Å². The van der Waals surface area contributed by atoms with Crippen LogP contribution in [-0.4, -0.2) is 55.1 Å². The van der Waals surface area contributed by atoms with E-state index >= 15 is 0 Å². The number of alkyl halides is 6. The monoisotopic (exact) mass is 644 g/mol. The molecule has 0 radical (unpaired) electrons. The van der Waals surface area contributed by atoms with Crippen molar-refractivity contribution < 1.29 is 40.6 Å². The maximum absolute atomic E-state index is 14.2.